The second kappa shape index (κ2) is 8.47. The predicted octanol–water partition coefficient (Wildman–Crippen LogP) is 5.21. The van der Waals surface area contributed by atoms with Gasteiger partial charge in [-0.05, 0) is 68.7 Å². The van der Waals surface area contributed by atoms with Gasteiger partial charge in [0.25, 0.3) is 11.7 Å². The van der Waals surface area contributed by atoms with Gasteiger partial charge < -0.3 is 9.30 Å². The predicted molar refractivity (Wildman–Crippen MR) is 130 cm³/mol. The highest BCUT2D eigenvalue weighted by Crippen LogP contribution is 2.46. The zero-order valence-corrected chi connectivity index (χ0v) is 19.9. The molecule has 36 heavy (non-hydrogen) atoms. The average Bonchev–Trinajstić information content (AvgIpc) is 3.55. The van der Waals surface area contributed by atoms with Gasteiger partial charge in [-0.15, -0.1) is 0 Å². The molecule has 3 atom stereocenters. The summed E-state index contributed by atoms with van der Waals surface area (Å²) in [4.78, 5) is 51.4. The lowest BCUT2D eigenvalue weighted by Gasteiger charge is -2.17. The van der Waals surface area contributed by atoms with Crippen molar-refractivity contribution in [1.82, 2.24) is 4.57 Å². The molecule has 1 aliphatic heterocycles. The molecule has 0 radical (unpaired) electrons. The van der Waals surface area contributed by atoms with E-state index in [1.165, 1.54) is 6.07 Å². The number of benzene rings is 2. The van der Waals surface area contributed by atoms with Gasteiger partial charge in [0.2, 0.25) is 11.2 Å². The number of nitrogens with zero attached hydrogens (tertiary/aromatic N) is 2. The number of halogens is 1. The zero-order chi connectivity index (χ0) is 25.1. The van der Waals surface area contributed by atoms with E-state index in [1.807, 2.05) is 4.57 Å². The lowest BCUT2D eigenvalue weighted by atomic mass is 9.90. The van der Waals surface area contributed by atoms with Crippen LogP contribution in [0.15, 0.2) is 47.4 Å². The van der Waals surface area contributed by atoms with Gasteiger partial charge in [0, 0.05) is 39.3 Å². The van der Waals surface area contributed by atoms with Crippen molar-refractivity contribution in [3.63, 3.8) is 0 Å². The molecule has 2 heterocycles. The highest BCUT2D eigenvalue weighted by molar-refractivity contribution is 6.05. The molecule has 3 aliphatic rings. The number of rotatable bonds is 5. The number of Topliss-reactive ketones (excluding diaryl/α,β-unsaturated/α-hetero) is 1. The van der Waals surface area contributed by atoms with Crippen molar-refractivity contribution in [2.45, 2.75) is 57.0 Å². The largest absolute Gasteiger partial charge is 0.462 e. The summed E-state index contributed by atoms with van der Waals surface area (Å²) < 4.78 is 23.2. The number of esters is 1. The van der Waals surface area contributed by atoms with Crippen LogP contribution in [0.4, 0.5) is 10.1 Å². The molecule has 3 aromatic rings. The van der Waals surface area contributed by atoms with Crippen molar-refractivity contribution >= 4 is 28.3 Å². The Kier molecular flexibility index (Phi) is 5.35. The molecule has 8 heteroatoms. The number of ether oxygens (including phenoxy) is 1. The molecule has 184 valence electrons. The standard InChI is InChI=1S/C28H26FN2O5/c1-2-36-28(34)21-14-30(17-9-10-17)24-13-19(22(29)12-20(24)26(21)32)15-7-8-16(11-15)25-27(33)18-5-3-4-6-23(18)31(25)35/h3-6,12-17,25H,2,7-11H2,1H3/q+1. The summed E-state index contributed by atoms with van der Waals surface area (Å²) in [6.07, 6.45) is 5.19. The van der Waals surface area contributed by atoms with Gasteiger partial charge in [0.05, 0.1) is 12.1 Å². The van der Waals surface area contributed by atoms with Gasteiger partial charge >= 0.3 is 5.97 Å². The Bertz CT molecular complexity index is 1470. The smallest absolute Gasteiger partial charge is 0.343 e. The molecular formula is C28H26FN2O5+. The van der Waals surface area contributed by atoms with E-state index >= 15 is 4.39 Å². The monoisotopic (exact) mass is 489 g/mol. The van der Waals surface area contributed by atoms with E-state index in [1.54, 1.807) is 43.5 Å². The van der Waals surface area contributed by atoms with E-state index in [9.17, 15) is 19.3 Å². The Morgan fingerprint density at radius 1 is 1.14 bits per heavy atom. The van der Waals surface area contributed by atoms with E-state index in [0.717, 1.165) is 17.6 Å². The van der Waals surface area contributed by atoms with Crippen LogP contribution in [0.3, 0.4) is 0 Å². The van der Waals surface area contributed by atoms with Gasteiger partial charge in [-0.25, -0.2) is 9.18 Å². The maximum absolute atomic E-state index is 15.5. The fourth-order valence-corrected chi connectivity index (χ4v) is 5.99. The van der Waals surface area contributed by atoms with E-state index in [-0.39, 0.29) is 41.2 Å². The van der Waals surface area contributed by atoms with Crippen LogP contribution in [0.5, 0.6) is 0 Å². The van der Waals surface area contributed by atoms with Crippen LogP contribution in [-0.4, -0.2) is 33.7 Å². The van der Waals surface area contributed by atoms with Crippen LogP contribution in [0.25, 0.3) is 10.9 Å². The quantitative estimate of drug-likeness (QED) is 0.363. The molecule has 0 amide bonds. The molecule has 2 saturated carbocycles. The first-order valence-corrected chi connectivity index (χ1v) is 12.5. The fraction of sp³-hybridized carbons (Fsp3) is 0.393. The first kappa shape index (κ1) is 22.8. The second-order valence-corrected chi connectivity index (χ2v) is 10.0. The Morgan fingerprint density at radius 3 is 2.64 bits per heavy atom. The molecule has 2 aromatic carbocycles. The third kappa shape index (κ3) is 3.50. The number of hydrogen-bond acceptors (Lipinski definition) is 5. The summed E-state index contributed by atoms with van der Waals surface area (Å²) >= 11 is 0. The van der Waals surface area contributed by atoms with Crippen LogP contribution in [0.1, 0.15) is 77.3 Å². The van der Waals surface area contributed by atoms with Crippen LogP contribution in [-0.2, 0) is 4.74 Å². The molecule has 1 aromatic heterocycles. The number of carbonyl (C=O) groups is 2. The Labute approximate surface area is 206 Å². The number of para-hydroxylation sites is 1. The van der Waals surface area contributed by atoms with Crippen LogP contribution >= 0.6 is 0 Å². The minimum absolute atomic E-state index is 0.0841. The lowest BCUT2D eigenvalue weighted by Crippen LogP contribution is -2.30. The number of aromatic nitrogens is 1. The Hall–Kier alpha value is -3.68. The molecular weight excluding hydrogens is 463 g/mol. The normalized spacial score (nSPS) is 23.3. The second-order valence-electron chi connectivity index (χ2n) is 10.0. The first-order chi connectivity index (χ1) is 17.4. The Morgan fingerprint density at radius 2 is 1.92 bits per heavy atom. The molecule has 0 bridgehead atoms. The minimum atomic E-state index is -0.785. The lowest BCUT2D eigenvalue weighted by molar-refractivity contribution is -0.491. The van der Waals surface area contributed by atoms with E-state index < -0.39 is 23.3 Å². The van der Waals surface area contributed by atoms with Crippen molar-refractivity contribution < 1.29 is 23.5 Å². The Balaban J connectivity index is 1.35. The molecule has 0 N–H and O–H groups in total. The summed E-state index contributed by atoms with van der Waals surface area (Å²) in [7, 11) is 0. The fourth-order valence-electron chi connectivity index (χ4n) is 5.99. The topological polar surface area (TPSA) is 85.4 Å². The van der Waals surface area contributed by atoms with Crippen molar-refractivity contribution in [1.29, 1.82) is 0 Å². The number of carbonyl (C=O) groups excluding carboxylic acids is 2. The zero-order valence-electron chi connectivity index (χ0n) is 19.9. The van der Waals surface area contributed by atoms with Crippen molar-refractivity contribution in [2.75, 3.05) is 6.61 Å². The molecule has 0 saturated heterocycles. The SMILES string of the molecule is CCOC(=O)c1cn(C2CC2)c2cc(C3CCC(C4C(=O)c5ccccc5[N+]4=O)C3)c(F)cc2c1=O. The first-order valence-electron chi connectivity index (χ1n) is 12.5. The molecule has 6 rings (SSSR count). The molecule has 2 aliphatic carbocycles. The van der Waals surface area contributed by atoms with Gasteiger partial charge in [0.1, 0.15) is 16.9 Å². The molecule has 0 spiro atoms. The highest BCUT2D eigenvalue weighted by Gasteiger charge is 2.53. The van der Waals surface area contributed by atoms with E-state index in [2.05, 4.69) is 0 Å². The summed E-state index contributed by atoms with van der Waals surface area (Å²) in [5, 5.41) is 0.162. The van der Waals surface area contributed by atoms with Gasteiger partial charge in [0.15, 0.2) is 0 Å². The molecule has 2 fully saturated rings. The number of fused-ring (bicyclic) bond motifs is 2. The van der Waals surface area contributed by atoms with Crippen molar-refractivity contribution in [2.24, 2.45) is 5.92 Å². The van der Waals surface area contributed by atoms with Crippen molar-refractivity contribution in [3.8, 4) is 0 Å². The maximum atomic E-state index is 15.5. The number of hydrogen-bond donors (Lipinski definition) is 0. The van der Waals surface area contributed by atoms with Crippen LogP contribution in [0, 0.1) is 16.6 Å². The average molecular weight is 490 g/mol. The summed E-state index contributed by atoms with van der Waals surface area (Å²) in [5.41, 5.74) is 1.32. The van der Waals surface area contributed by atoms with Crippen LogP contribution < -0.4 is 5.43 Å². The third-order valence-electron chi connectivity index (χ3n) is 7.87. The van der Waals surface area contributed by atoms with Gasteiger partial charge in [-0.3, -0.25) is 9.59 Å². The summed E-state index contributed by atoms with van der Waals surface area (Å²) in [6, 6.07) is 9.17. The number of pyridine rings is 1. The summed E-state index contributed by atoms with van der Waals surface area (Å²) in [6.45, 7) is 1.81. The van der Waals surface area contributed by atoms with Crippen LogP contribution in [0.2, 0.25) is 0 Å². The number of ketones is 1. The minimum Gasteiger partial charge on any atom is -0.462 e. The van der Waals surface area contributed by atoms with E-state index in [4.69, 9.17) is 4.74 Å². The third-order valence-corrected chi connectivity index (χ3v) is 7.87. The van der Waals surface area contributed by atoms with Gasteiger partial charge in [-0.2, -0.15) is 0 Å². The molecule has 7 nitrogen and oxygen atoms in total. The van der Waals surface area contributed by atoms with E-state index in [0.29, 0.717) is 41.6 Å². The number of nitroso groups, excluding NO2 is 1. The summed E-state index contributed by atoms with van der Waals surface area (Å²) in [5.74, 6) is -1.73. The van der Waals surface area contributed by atoms with Gasteiger partial charge in [-0.1, -0.05) is 12.1 Å². The molecule has 3 unspecified atom stereocenters. The highest BCUT2D eigenvalue weighted by atomic mass is 19.1. The van der Waals surface area contributed by atoms with Crippen molar-refractivity contribution in [3.05, 3.63) is 80.2 Å². The maximum Gasteiger partial charge on any atom is 0.343 e.